The lowest BCUT2D eigenvalue weighted by atomic mass is 9.97. The molecule has 0 aromatic heterocycles. The van der Waals surface area contributed by atoms with Gasteiger partial charge in [-0.2, -0.15) is 0 Å². The third kappa shape index (κ3) is 9.54. The largest absolute Gasteiger partial charge is 0.394 e. The molecule has 2 heterocycles. The van der Waals surface area contributed by atoms with Gasteiger partial charge in [-0.3, -0.25) is 0 Å². The van der Waals surface area contributed by atoms with Gasteiger partial charge in [0, 0.05) is 13.1 Å². The SMILES string of the molecule is OC[C@H]1O[C@@H](N(CCCCCCCCCN(C(=S)S)[C@@H]2O[C@H](CO)[C@@H](O)[C@H](O)[C@H]2O)C(=S)S)[C@H](O)[C@@H](O)[C@@H]1O. The molecule has 0 amide bonds. The van der Waals surface area contributed by atoms with Crippen LogP contribution in [0, 0.1) is 0 Å². The van der Waals surface area contributed by atoms with Gasteiger partial charge in [-0.15, -0.1) is 25.3 Å². The summed E-state index contributed by atoms with van der Waals surface area (Å²) in [5, 5.41) is 79.6. The van der Waals surface area contributed by atoms with Gasteiger partial charge in [-0.1, -0.05) is 56.5 Å². The summed E-state index contributed by atoms with van der Waals surface area (Å²) in [5.41, 5.74) is 0. The highest BCUT2D eigenvalue weighted by molar-refractivity contribution is 8.11. The van der Waals surface area contributed by atoms with E-state index in [-0.39, 0.29) is 8.64 Å². The number of ether oxygens (including phenoxy) is 2. The van der Waals surface area contributed by atoms with E-state index in [0.717, 1.165) is 32.1 Å². The molecule has 2 saturated heterocycles. The average molecular weight is 635 g/mol. The third-order valence-electron chi connectivity index (χ3n) is 7.14. The highest BCUT2D eigenvalue weighted by Crippen LogP contribution is 2.26. The lowest BCUT2D eigenvalue weighted by Crippen LogP contribution is -2.63. The molecule has 2 aliphatic heterocycles. The van der Waals surface area contributed by atoms with E-state index in [0.29, 0.717) is 25.9 Å². The number of nitrogens with zero attached hydrogens (tertiary/aromatic N) is 2. The Kier molecular flexibility index (Phi) is 15.6. The second kappa shape index (κ2) is 17.3. The summed E-state index contributed by atoms with van der Waals surface area (Å²) < 4.78 is 11.5. The van der Waals surface area contributed by atoms with Crippen LogP contribution in [0.15, 0.2) is 0 Å². The normalized spacial score (nSPS) is 35.0. The molecular weight excluding hydrogens is 593 g/mol. The zero-order chi connectivity index (χ0) is 29.3. The molecule has 10 atom stereocenters. The monoisotopic (exact) mass is 634 g/mol. The molecule has 2 rings (SSSR count). The Hall–Kier alpha value is 0.0800. The number of hydrogen-bond donors (Lipinski definition) is 10. The second-order valence-corrected chi connectivity index (χ2v) is 12.1. The lowest BCUT2D eigenvalue weighted by molar-refractivity contribution is -0.254. The average Bonchev–Trinajstić information content (AvgIpc) is 2.90. The molecule has 0 spiro atoms. The maximum atomic E-state index is 10.4. The highest BCUT2D eigenvalue weighted by atomic mass is 32.1. The molecule has 8 N–H and O–H groups in total. The minimum atomic E-state index is -1.49. The van der Waals surface area contributed by atoms with Crippen LogP contribution in [0.1, 0.15) is 44.9 Å². The van der Waals surface area contributed by atoms with Crippen LogP contribution >= 0.6 is 49.7 Å². The zero-order valence-electron chi connectivity index (χ0n) is 21.6. The van der Waals surface area contributed by atoms with Crippen molar-refractivity contribution in [2.45, 2.75) is 106 Å². The van der Waals surface area contributed by atoms with Gasteiger partial charge < -0.3 is 60.1 Å². The fourth-order valence-electron chi connectivity index (χ4n) is 4.79. The van der Waals surface area contributed by atoms with Crippen molar-refractivity contribution >= 4 is 58.3 Å². The third-order valence-corrected chi connectivity index (χ3v) is 8.12. The van der Waals surface area contributed by atoms with Crippen LogP contribution in [0.5, 0.6) is 0 Å². The fourth-order valence-corrected chi connectivity index (χ4v) is 5.61. The van der Waals surface area contributed by atoms with Crippen molar-refractivity contribution in [2.75, 3.05) is 26.3 Å². The van der Waals surface area contributed by atoms with E-state index < -0.39 is 74.5 Å². The Morgan fingerprint density at radius 3 is 1.13 bits per heavy atom. The highest BCUT2D eigenvalue weighted by Gasteiger charge is 2.47. The van der Waals surface area contributed by atoms with Crippen molar-refractivity contribution in [3.05, 3.63) is 0 Å². The summed E-state index contributed by atoms with van der Waals surface area (Å²) >= 11 is 18.8. The van der Waals surface area contributed by atoms with E-state index >= 15 is 0 Å². The van der Waals surface area contributed by atoms with E-state index in [4.69, 9.17) is 33.9 Å². The number of thiocarbonyl (C=S) groups is 2. The number of unbranched alkanes of at least 4 members (excludes halogenated alkanes) is 6. The Bertz CT molecular complexity index is 710. The van der Waals surface area contributed by atoms with Crippen molar-refractivity contribution in [2.24, 2.45) is 0 Å². The van der Waals surface area contributed by atoms with Gasteiger partial charge in [0.15, 0.2) is 12.5 Å². The molecule has 0 aromatic rings. The van der Waals surface area contributed by atoms with E-state index in [9.17, 15) is 40.9 Å². The standard InChI is InChI=1S/C23H42N2O10S4/c26-10-12-14(28)16(30)18(32)20(34-12)24(22(36)37)8-6-4-2-1-3-5-7-9-25(23(38)39)21-19(33)17(31)15(29)13(11-27)35-21/h12-21,26-33H,1-11H2,(H,36,37)(H,38,39)/t12-,13-,14-,15-,16+,17+,18-,19-,20-,21-/m1/s1. The maximum Gasteiger partial charge on any atom is 0.160 e. The summed E-state index contributed by atoms with van der Waals surface area (Å²) in [6, 6.07) is 0. The van der Waals surface area contributed by atoms with Gasteiger partial charge in [0.25, 0.3) is 0 Å². The first-order valence-electron chi connectivity index (χ1n) is 13.1. The first-order chi connectivity index (χ1) is 18.5. The Morgan fingerprint density at radius 1 is 0.538 bits per heavy atom. The van der Waals surface area contributed by atoms with Crippen LogP contribution in [0.25, 0.3) is 0 Å². The number of aliphatic hydroxyl groups is 8. The molecule has 0 radical (unpaired) electrons. The molecule has 2 fully saturated rings. The molecule has 0 unspecified atom stereocenters. The molecule has 12 nitrogen and oxygen atoms in total. The molecular formula is C23H42N2O10S4. The number of rotatable bonds is 14. The first kappa shape index (κ1) is 35.3. The van der Waals surface area contributed by atoms with E-state index in [1.807, 2.05) is 0 Å². The molecule has 0 saturated carbocycles. The Labute approximate surface area is 250 Å². The lowest BCUT2D eigenvalue weighted by Gasteiger charge is -2.45. The second-order valence-electron chi connectivity index (χ2n) is 9.87. The predicted molar refractivity (Wildman–Crippen MR) is 156 cm³/mol. The predicted octanol–water partition coefficient (Wildman–Crippen LogP) is -1.65. The number of aliphatic hydroxyl groups excluding tert-OH is 8. The van der Waals surface area contributed by atoms with Crippen LogP contribution < -0.4 is 0 Å². The van der Waals surface area contributed by atoms with Gasteiger partial charge in [-0.05, 0) is 12.8 Å². The van der Waals surface area contributed by atoms with E-state index in [1.54, 1.807) is 0 Å². The van der Waals surface area contributed by atoms with Crippen LogP contribution in [-0.2, 0) is 9.47 Å². The van der Waals surface area contributed by atoms with Gasteiger partial charge >= 0.3 is 0 Å². The molecule has 2 aliphatic rings. The summed E-state index contributed by atoms with van der Waals surface area (Å²) in [4.78, 5) is 3.07. The first-order valence-corrected chi connectivity index (χ1v) is 14.8. The van der Waals surface area contributed by atoms with Gasteiger partial charge in [0.1, 0.15) is 57.5 Å². The summed E-state index contributed by atoms with van der Waals surface area (Å²) in [6.45, 7) is -0.208. The quantitative estimate of drug-likeness (QED) is 0.0595. The molecule has 0 aliphatic carbocycles. The molecule has 228 valence electrons. The van der Waals surface area contributed by atoms with Crippen LogP contribution in [-0.4, -0.2) is 147 Å². The fraction of sp³-hybridized carbons (Fsp3) is 0.913. The summed E-state index contributed by atoms with van der Waals surface area (Å²) in [7, 11) is 0. The molecule has 0 bridgehead atoms. The van der Waals surface area contributed by atoms with E-state index in [2.05, 4.69) is 25.3 Å². The van der Waals surface area contributed by atoms with Gasteiger partial charge in [0.05, 0.1) is 13.2 Å². The van der Waals surface area contributed by atoms with Crippen molar-refractivity contribution < 1.29 is 50.3 Å². The van der Waals surface area contributed by atoms with Crippen molar-refractivity contribution in [1.29, 1.82) is 0 Å². The summed E-state index contributed by atoms with van der Waals surface area (Å²) in [6.07, 6.45) is -6.81. The van der Waals surface area contributed by atoms with Crippen molar-refractivity contribution in [3.8, 4) is 0 Å². The smallest absolute Gasteiger partial charge is 0.160 e. The summed E-state index contributed by atoms with van der Waals surface area (Å²) in [5.74, 6) is 0. The van der Waals surface area contributed by atoms with Crippen LogP contribution in [0.2, 0.25) is 0 Å². The van der Waals surface area contributed by atoms with E-state index in [1.165, 1.54) is 9.80 Å². The number of hydrogen-bond acceptors (Lipinski definition) is 12. The van der Waals surface area contributed by atoms with Crippen molar-refractivity contribution in [1.82, 2.24) is 9.80 Å². The Morgan fingerprint density at radius 2 is 0.846 bits per heavy atom. The zero-order valence-corrected chi connectivity index (χ0v) is 25.0. The van der Waals surface area contributed by atoms with Crippen molar-refractivity contribution in [3.63, 3.8) is 0 Å². The van der Waals surface area contributed by atoms with Crippen LogP contribution in [0.3, 0.4) is 0 Å². The van der Waals surface area contributed by atoms with Gasteiger partial charge in [0.2, 0.25) is 0 Å². The maximum absolute atomic E-state index is 10.4. The van der Waals surface area contributed by atoms with Crippen LogP contribution in [0.4, 0.5) is 0 Å². The topological polar surface area (TPSA) is 187 Å². The molecule has 16 heteroatoms. The minimum absolute atomic E-state index is 0.172. The minimum Gasteiger partial charge on any atom is -0.394 e. The molecule has 39 heavy (non-hydrogen) atoms. The molecule has 0 aromatic carbocycles. The van der Waals surface area contributed by atoms with Gasteiger partial charge in [-0.25, -0.2) is 0 Å². The Balaban J connectivity index is 1.71. The number of thiol groups is 2.